The fourth-order valence-corrected chi connectivity index (χ4v) is 8.52. The fourth-order valence-electron chi connectivity index (χ4n) is 8.52. The van der Waals surface area contributed by atoms with E-state index in [9.17, 15) is 0 Å². The molecule has 8 rings (SSSR count). The number of hydrogen-bond donors (Lipinski definition) is 0. The Morgan fingerprint density at radius 2 is 0.600 bits per heavy atom. The molecule has 6 aromatic carbocycles. The van der Waals surface area contributed by atoms with Crippen LogP contribution in [0.15, 0.2) is 121 Å². The average Bonchev–Trinajstić information content (AvgIpc) is 3.46. The normalized spacial score (nSPS) is 15.3. The Morgan fingerprint density at radius 1 is 0.320 bits per heavy atom. The Balaban J connectivity index is 1.12. The molecule has 0 radical (unpaired) electrons. The van der Waals surface area contributed by atoms with Crippen LogP contribution >= 0.6 is 0 Å². The summed E-state index contributed by atoms with van der Waals surface area (Å²) < 4.78 is 0. The fraction of sp³-hybridized carbons (Fsp3) is 0.280. The van der Waals surface area contributed by atoms with Gasteiger partial charge in [-0.25, -0.2) is 0 Å². The maximum Gasteiger partial charge on any atom is 0.0159 e. The molecule has 0 nitrogen and oxygen atoms in total. The molecule has 6 aromatic rings. The first kappa shape index (κ1) is 32.5. The topological polar surface area (TPSA) is 0 Å². The van der Waals surface area contributed by atoms with E-state index in [1.807, 2.05) is 0 Å². The van der Waals surface area contributed by atoms with Gasteiger partial charge in [-0.05, 0) is 124 Å². The van der Waals surface area contributed by atoms with Crippen LogP contribution < -0.4 is 0 Å². The van der Waals surface area contributed by atoms with Gasteiger partial charge in [0.15, 0.2) is 0 Å². The van der Waals surface area contributed by atoms with Gasteiger partial charge in [0.1, 0.15) is 0 Å². The van der Waals surface area contributed by atoms with Crippen LogP contribution in [-0.2, 0) is 21.7 Å². The largest absolute Gasteiger partial charge is 0.0610 e. The van der Waals surface area contributed by atoms with Gasteiger partial charge in [-0.2, -0.15) is 0 Å². The first-order valence-corrected chi connectivity index (χ1v) is 18.3. The summed E-state index contributed by atoms with van der Waals surface area (Å²) in [5, 5.41) is 0. The SMILES string of the molecule is CC(C)(C)c1ccc2c(c1)C(C)(C)c1cc(-c3cccc(-c4cccc(-c5ccc6c(c5)C(C)(C)c5cc(C(C)(C)C)ccc5-6)c4)c3)ccc1-2. The summed E-state index contributed by atoms with van der Waals surface area (Å²) in [6.07, 6.45) is 0. The molecule has 0 spiro atoms. The van der Waals surface area contributed by atoms with Gasteiger partial charge in [0.25, 0.3) is 0 Å². The molecule has 250 valence electrons. The first-order valence-electron chi connectivity index (χ1n) is 18.3. The molecule has 0 amide bonds. The third-order valence-corrected chi connectivity index (χ3v) is 11.8. The Kier molecular flexibility index (Phi) is 7.09. The second kappa shape index (κ2) is 10.9. The summed E-state index contributed by atoms with van der Waals surface area (Å²) in [4.78, 5) is 0. The van der Waals surface area contributed by atoms with Crippen LogP contribution in [0.3, 0.4) is 0 Å². The van der Waals surface area contributed by atoms with Gasteiger partial charge in [-0.1, -0.05) is 166 Å². The van der Waals surface area contributed by atoms with Crippen molar-refractivity contribution in [1.29, 1.82) is 0 Å². The second-order valence-electron chi connectivity index (χ2n) is 18.0. The monoisotopic (exact) mass is 650 g/mol. The van der Waals surface area contributed by atoms with Crippen LogP contribution in [0.5, 0.6) is 0 Å². The van der Waals surface area contributed by atoms with Crippen molar-refractivity contribution in [3.05, 3.63) is 155 Å². The molecule has 0 saturated heterocycles. The van der Waals surface area contributed by atoms with E-state index in [1.165, 1.54) is 89.0 Å². The van der Waals surface area contributed by atoms with Crippen molar-refractivity contribution < 1.29 is 0 Å². The number of fused-ring (bicyclic) bond motifs is 6. The van der Waals surface area contributed by atoms with Crippen molar-refractivity contribution in [3.8, 4) is 55.6 Å². The maximum atomic E-state index is 2.45. The van der Waals surface area contributed by atoms with Gasteiger partial charge < -0.3 is 0 Å². The Bertz CT molecular complexity index is 2160. The van der Waals surface area contributed by atoms with Crippen molar-refractivity contribution in [2.24, 2.45) is 0 Å². The molecule has 0 heterocycles. The van der Waals surface area contributed by atoms with Gasteiger partial charge in [0.05, 0.1) is 0 Å². The zero-order valence-electron chi connectivity index (χ0n) is 31.5. The third kappa shape index (κ3) is 5.10. The van der Waals surface area contributed by atoms with E-state index in [-0.39, 0.29) is 21.7 Å². The summed E-state index contributed by atoms with van der Waals surface area (Å²) in [6.45, 7) is 23.4. The zero-order valence-corrected chi connectivity index (χ0v) is 31.5. The smallest absolute Gasteiger partial charge is 0.0159 e. The Morgan fingerprint density at radius 3 is 0.920 bits per heavy atom. The van der Waals surface area contributed by atoms with Crippen molar-refractivity contribution in [3.63, 3.8) is 0 Å². The molecular formula is C50H50. The van der Waals surface area contributed by atoms with Crippen molar-refractivity contribution in [1.82, 2.24) is 0 Å². The molecule has 2 aliphatic carbocycles. The quantitative estimate of drug-likeness (QED) is 0.179. The predicted molar refractivity (Wildman–Crippen MR) is 215 cm³/mol. The van der Waals surface area contributed by atoms with Gasteiger partial charge in [0.2, 0.25) is 0 Å². The molecule has 0 unspecified atom stereocenters. The lowest BCUT2D eigenvalue weighted by Gasteiger charge is -2.25. The number of rotatable bonds is 3. The standard InChI is InChI=1S/C50H50/c1-47(2,3)37-19-23-41-39-21-17-35(27-43(39)49(7,8)45(41)29-37)33-15-11-13-31(25-33)32-14-12-16-34(26-32)36-18-22-40-42-24-20-38(48(4,5)6)30-46(42)50(9,10)44(40)28-36/h11-30H,1-10H3. The highest BCUT2D eigenvalue weighted by atomic mass is 14.4. The highest BCUT2D eigenvalue weighted by Crippen LogP contribution is 2.52. The van der Waals surface area contributed by atoms with Crippen LogP contribution in [0.4, 0.5) is 0 Å². The lowest BCUT2D eigenvalue weighted by Crippen LogP contribution is -2.17. The lowest BCUT2D eigenvalue weighted by molar-refractivity contribution is 0.584. The van der Waals surface area contributed by atoms with E-state index in [0.29, 0.717) is 0 Å². The highest BCUT2D eigenvalue weighted by molar-refractivity contribution is 5.86. The third-order valence-electron chi connectivity index (χ3n) is 11.8. The van der Waals surface area contributed by atoms with E-state index < -0.39 is 0 Å². The molecule has 0 atom stereocenters. The van der Waals surface area contributed by atoms with Crippen LogP contribution in [0.1, 0.15) is 103 Å². The highest BCUT2D eigenvalue weighted by Gasteiger charge is 2.38. The molecule has 0 aromatic heterocycles. The van der Waals surface area contributed by atoms with Crippen LogP contribution in [0, 0.1) is 0 Å². The summed E-state index contributed by atoms with van der Waals surface area (Å²) in [5.74, 6) is 0. The predicted octanol–water partition coefficient (Wildman–Crippen LogP) is 13.9. The zero-order chi connectivity index (χ0) is 35.4. The second-order valence-corrected chi connectivity index (χ2v) is 18.0. The molecule has 0 heteroatoms. The van der Waals surface area contributed by atoms with Gasteiger partial charge in [-0.3, -0.25) is 0 Å². The van der Waals surface area contributed by atoms with Crippen LogP contribution in [0.25, 0.3) is 55.6 Å². The van der Waals surface area contributed by atoms with E-state index in [2.05, 4.69) is 191 Å². The minimum Gasteiger partial charge on any atom is -0.0610 e. The first-order chi connectivity index (χ1) is 23.5. The Hall–Kier alpha value is -4.68. The van der Waals surface area contributed by atoms with Gasteiger partial charge >= 0.3 is 0 Å². The van der Waals surface area contributed by atoms with Crippen LogP contribution in [-0.4, -0.2) is 0 Å². The minimum atomic E-state index is -0.0471. The van der Waals surface area contributed by atoms with Gasteiger partial charge in [0, 0.05) is 10.8 Å². The summed E-state index contributed by atoms with van der Waals surface area (Å²) >= 11 is 0. The number of benzene rings is 6. The molecule has 50 heavy (non-hydrogen) atoms. The molecule has 2 aliphatic rings. The summed E-state index contributed by atoms with van der Waals surface area (Å²) in [7, 11) is 0. The number of hydrogen-bond acceptors (Lipinski definition) is 0. The molecule has 0 bridgehead atoms. The van der Waals surface area contributed by atoms with Gasteiger partial charge in [-0.15, -0.1) is 0 Å². The minimum absolute atomic E-state index is 0.0471. The van der Waals surface area contributed by atoms with E-state index >= 15 is 0 Å². The molecule has 0 fully saturated rings. The van der Waals surface area contributed by atoms with E-state index in [0.717, 1.165) is 0 Å². The van der Waals surface area contributed by atoms with Crippen molar-refractivity contribution in [2.75, 3.05) is 0 Å². The molecule has 0 saturated carbocycles. The maximum absolute atomic E-state index is 2.45. The molecule has 0 aliphatic heterocycles. The Labute approximate surface area is 300 Å². The van der Waals surface area contributed by atoms with Crippen molar-refractivity contribution in [2.45, 2.75) is 90.9 Å². The lowest BCUT2D eigenvalue weighted by atomic mass is 9.78. The molecule has 0 N–H and O–H groups in total. The summed E-state index contributed by atoms with van der Waals surface area (Å²) in [5.41, 5.74) is 21.7. The van der Waals surface area contributed by atoms with E-state index in [4.69, 9.17) is 0 Å². The summed E-state index contributed by atoms with van der Waals surface area (Å²) in [6, 6.07) is 46.6. The van der Waals surface area contributed by atoms with E-state index in [1.54, 1.807) is 0 Å². The van der Waals surface area contributed by atoms with Crippen LogP contribution in [0.2, 0.25) is 0 Å². The van der Waals surface area contributed by atoms with Crippen molar-refractivity contribution >= 4 is 0 Å². The molecular weight excluding hydrogens is 601 g/mol. The average molecular weight is 651 g/mol.